The number of Topliss-reactive ketones (excluding diaryl/α,β-unsaturated/α-hetero) is 1. The fourth-order valence-corrected chi connectivity index (χ4v) is 2.63. The Labute approximate surface area is 124 Å². The molecule has 0 aromatic heterocycles. The Morgan fingerprint density at radius 3 is 2.48 bits per heavy atom. The molecular weight excluding hydrogens is 268 g/mol. The topological polar surface area (TPSA) is 57.7 Å². The average Bonchev–Trinajstić information content (AvgIpc) is 2.63. The first-order chi connectivity index (χ1) is 9.82. The Morgan fingerprint density at radius 1 is 1.19 bits per heavy atom. The molecule has 0 fully saturated rings. The molecule has 0 saturated carbocycles. The SMILES string of the molecule is Cc1cc(C)c2c(c1)N(CCCC(=O)N(C)C)C(=O)C2=O. The number of aryl methyl sites for hydroxylation is 2. The van der Waals surface area contributed by atoms with Gasteiger partial charge in [-0.1, -0.05) is 6.07 Å². The highest BCUT2D eigenvalue weighted by molar-refractivity contribution is 6.52. The number of benzene rings is 1. The third-order valence-corrected chi connectivity index (χ3v) is 3.69. The summed E-state index contributed by atoms with van der Waals surface area (Å²) in [7, 11) is 3.41. The lowest BCUT2D eigenvalue weighted by atomic mass is 10.0. The van der Waals surface area contributed by atoms with E-state index in [2.05, 4.69) is 0 Å². The van der Waals surface area contributed by atoms with Crippen LogP contribution in [0, 0.1) is 13.8 Å². The molecule has 5 heteroatoms. The van der Waals surface area contributed by atoms with E-state index >= 15 is 0 Å². The summed E-state index contributed by atoms with van der Waals surface area (Å²) < 4.78 is 0. The molecule has 0 saturated heterocycles. The van der Waals surface area contributed by atoms with Crippen LogP contribution in [0.5, 0.6) is 0 Å². The summed E-state index contributed by atoms with van der Waals surface area (Å²) in [6.07, 6.45) is 0.910. The van der Waals surface area contributed by atoms with Crippen LogP contribution in [0.4, 0.5) is 5.69 Å². The Morgan fingerprint density at radius 2 is 1.86 bits per heavy atom. The van der Waals surface area contributed by atoms with Gasteiger partial charge in [0.05, 0.1) is 11.3 Å². The standard InChI is InChI=1S/C16H20N2O3/c1-10-8-11(2)14-12(9-10)18(16(21)15(14)20)7-5-6-13(19)17(3)4/h8-9H,5-7H2,1-4H3. The first-order valence-corrected chi connectivity index (χ1v) is 7.00. The predicted octanol–water partition coefficient (Wildman–Crippen LogP) is 1.70. The molecule has 1 aliphatic rings. The molecule has 1 aliphatic heterocycles. The summed E-state index contributed by atoms with van der Waals surface area (Å²) in [4.78, 5) is 38.8. The zero-order valence-electron chi connectivity index (χ0n) is 12.9. The number of carbonyl (C=O) groups is 3. The number of amides is 2. The molecule has 112 valence electrons. The van der Waals surface area contributed by atoms with E-state index in [-0.39, 0.29) is 5.91 Å². The molecule has 5 nitrogen and oxygen atoms in total. The number of rotatable bonds is 4. The van der Waals surface area contributed by atoms with Crippen molar-refractivity contribution in [1.82, 2.24) is 4.90 Å². The summed E-state index contributed by atoms with van der Waals surface area (Å²) in [5, 5.41) is 0. The molecule has 0 spiro atoms. The van der Waals surface area contributed by atoms with Crippen molar-refractivity contribution >= 4 is 23.3 Å². The Balaban J connectivity index is 2.18. The Hall–Kier alpha value is -2.17. The first kappa shape index (κ1) is 15.2. The Bertz CT molecular complexity index is 620. The van der Waals surface area contributed by atoms with Crippen LogP contribution in [0.2, 0.25) is 0 Å². The minimum atomic E-state index is -0.490. The van der Waals surface area contributed by atoms with Crippen LogP contribution in [-0.4, -0.2) is 43.1 Å². The van der Waals surface area contributed by atoms with Crippen molar-refractivity contribution in [3.05, 3.63) is 28.8 Å². The third kappa shape index (κ3) is 2.82. The van der Waals surface area contributed by atoms with E-state index in [1.165, 1.54) is 9.80 Å². The Kier molecular flexibility index (Phi) is 4.11. The molecule has 0 bridgehead atoms. The molecule has 0 radical (unpaired) electrons. The zero-order valence-corrected chi connectivity index (χ0v) is 12.9. The quantitative estimate of drug-likeness (QED) is 0.792. The second kappa shape index (κ2) is 5.68. The van der Waals surface area contributed by atoms with Gasteiger partial charge in [-0.2, -0.15) is 0 Å². The molecule has 1 aromatic carbocycles. The van der Waals surface area contributed by atoms with E-state index in [1.54, 1.807) is 14.1 Å². The summed E-state index contributed by atoms with van der Waals surface area (Å²) in [6.45, 7) is 4.17. The van der Waals surface area contributed by atoms with Gasteiger partial charge in [-0.05, 0) is 37.5 Å². The smallest absolute Gasteiger partial charge is 0.299 e. The van der Waals surface area contributed by atoms with Crippen LogP contribution in [-0.2, 0) is 9.59 Å². The van der Waals surface area contributed by atoms with Gasteiger partial charge >= 0.3 is 0 Å². The van der Waals surface area contributed by atoms with E-state index < -0.39 is 11.7 Å². The van der Waals surface area contributed by atoms with Crippen LogP contribution in [0.1, 0.15) is 34.3 Å². The summed E-state index contributed by atoms with van der Waals surface area (Å²) in [5.74, 6) is -0.911. The second-order valence-corrected chi connectivity index (χ2v) is 5.65. The highest BCUT2D eigenvalue weighted by atomic mass is 16.2. The van der Waals surface area contributed by atoms with Gasteiger partial charge in [0.2, 0.25) is 5.91 Å². The van der Waals surface area contributed by atoms with E-state index in [0.29, 0.717) is 30.6 Å². The maximum Gasteiger partial charge on any atom is 0.299 e. The summed E-state index contributed by atoms with van der Waals surface area (Å²) >= 11 is 0. The molecule has 2 amide bonds. The van der Waals surface area contributed by atoms with Gasteiger partial charge in [-0.15, -0.1) is 0 Å². The molecule has 2 rings (SSSR count). The van der Waals surface area contributed by atoms with Crippen LogP contribution >= 0.6 is 0 Å². The number of hydrogen-bond acceptors (Lipinski definition) is 3. The molecule has 1 heterocycles. The molecular formula is C16H20N2O3. The van der Waals surface area contributed by atoms with E-state index in [1.807, 2.05) is 26.0 Å². The van der Waals surface area contributed by atoms with E-state index in [0.717, 1.165) is 11.1 Å². The van der Waals surface area contributed by atoms with Gasteiger partial charge in [0.15, 0.2) is 0 Å². The van der Waals surface area contributed by atoms with Gasteiger partial charge in [-0.25, -0.2) is 0 Å². The van der Waals surface area contributed by atoms with Crippen LogP contribution < -0.4 is 4.90 Å². The predicted molar refractivity (Wildman–Crippen MR) is 80.5 cm³/mol. The first-order valence-electron chi connectivity index (χ1n) is 7.00. The van der Waals surface area contributed by atoms with Crippen LogP contribution in [0.15, 0.2) is 12.1 Å². The number of ketones is 1. The molecule has 21 heavy (non-hydrogen) atoms. The van der Waals surface area contributed by atoms with Crippen molar-refractivity contribution in [3.63, 3.8) is 0 Å². The summed E-state index contributed by atoms with van der Waals surface area (Å²) in [6, 6.07) is 3.77. The third-order valence-electron chi connectivity index (χ3n) is 3.69. The molecule has 0 atom stereocenters. The monoisotopic (exact) mass is 288 g/mol. The second-order valence-electron chi connectivity index (χ2n) is 5.65. The minimum Gasteiger partial charge on any atom is -0.349 e. The molecule has 0 aliphatic carbocycles. The minimum absolute atomic E-state index is 0.0219. The molecule has 0 unspecified atom stereocenters. The molecule has 0 N–H and O–H groups in total. The van der Waals surface area contributed by atoms with Gasteiger partial charge in [0.25, 0.3) is 11.7 Å². The van der Waals surface area contributed by atoms with Crippen molar-refractivity contribution < 1.29 is 14.4 Å². The van der Waals surface area contributed by atoms with Crippen molar-refractivity contribution in [2.45, 2.75) is 26.7 Å². The normalized spacial score (nSPS) is 13.6. The number of anilines is 1. The maximum absolute atomic E-state index is 12.1. The van der Waals surface area contributed by atoms with Crippen LogP contribution in [0.3, 0.4) is 0 Å². The van der Waals surface area contributed by atoms with Crippen molar-refractivity contribution in [2.75, 3.05) is 25.5 Å². The largest absolute Gasteiger partial charge is 0.349 e. The van der Waals surface area contributed by atoms with E-state index in [9.17, 15) is 14.4 Å². The number of nitrogens with zero attached hydrogens (tertiary/aromatic N) is 2. The van der Waals surface area contributed by atoms with Crippen LogP contribution in [0.25, 0.3) is 0 Å². The number of fused-ring (bicyclic) bond motifs is 1. The zero-order chi connectivity index (χ0) is 15.7. The number of carbonyl (C=O) groups excluding carboxylic acids is 3. The highest BCUT2D eigenvalue weighted by Gasteiger charge is 2.36. The van der Waals surface area contributed by atoms with Crippen molar-refractivity contribution in [2.24, 2.45) is 0 Å². The number of hydrogen-bond donors (Lipinski definition) is 0. The van der Waals surface area contributed by atoms with Crippen molar-refractivity contribution in [3.8, 4) is 0 Å². The van der Waals surface area contributed by atoms with E-state index in [4.69, 9.17) is 0 Å². The van der Waals surface area contributed by atoms with Gasteiger partial charge in [0.1, 0.15) is 0 Å². The average molecular weight is 288 g/mol. The van der Waals surface area contributed by atoms with Crippen molar-refractivity contribution in [1.29, 1.82) is 0 Å². The molecule has 1 aromatic rings. The van der Waals surface area contributed by atoms with Gasteiger partial charge in [-0.3, -0.25) is 14.4 Å². The van der Waals surface area contributed by atoms with Gasteiger partial charge in [0, 0.05) is 27.1 Å². The fraction of sp³-hybridized carbons (Fsp3) is 0.438. The lowest BCUT2D eigenvalue weighted by Gasteiger charge is -2.18. The van der Waals surface area contributed by atoms with Gasteiger partial charge < -0.3 is 9.80 Å². The highest BCUT2D eigenvalue weighted by Crippen LogP contribution is 2.32. The lowest BCUT2D eigenvalue weighted by molar-refractivity contribution is -0.128. The fourth-order valence-electron chi connectivity index (χ4n) is 2.63. The maximum atomic E-state index is 12.1. The summed E-state index contributed by atoms with van der Waals surface area (Å²) in [5.41, 5.74) is 3.03. The lowest BCUT2D eigenvalue weighted by Crippen LogP contribution is -2.31.